The molecular formula is C10H20N2. The maximum atomic E-state index is 3.37. The Kier molecular flexibility index (Phi) is 4.15. The third kappa shape index (κ3) is 2.52. The summed E-state index contributed by atoms with van der Waals surface area (Å²) in [5, 5.41) is 3.37. The van der Waals surface area contributed by atoms with Crippen molar-refractivity contribution in [2.45, 2.75) is 26.7 Å². The van der Waals surface area contributed by atoms with Crippen LogP contribution < -0.4 is 5.32 Å². The number of rotatable bonds is 3. The molecule has 0 unspecified atom stereocenters. The summed E-state index contributed by atoms with van der Waals surface area (Å²) >= 11 is 0. The van der Waals surface area contributed by atoms with Crippen molar-refractivity contribution in [1.82, 2.24) is 10.2 Å². The second-order valence-electron chi connectivity index (χ2n) is 3.19. The lowest BCUT2D eigenvalue weighted by Crippen LogP contribution is -2.42. The van der Waals surface area contributed by atoms with E-state index >= 15 is 0 Å². The Balaban J connectivity index is 2.46. The van der Waals surface area contributed by atoms with Crippen LogP contribution in [-0.4, -0.2) is 31.1 Å². The van der Waals surface area contributed by atoms with Crippen LogP contribution in [0.4, 0.5) is 0 Å². The highest BCUT2D eigenvalue weighted by Gasteiger charge is 2.10. The zero-order valence-corrected chi connectivity index (χ0v) is 8.27. The van der Waals surface area contributed by atoms with E-state index in [0.717, 1.165) is 19.5 Å². The molecule has 1 fully saturated rings. The predicted molar refractivity (Wildman–Crippen MR) is 53.1 cm³/mol. The quantitative estimate of drug-likeness (QED) is 0.688. The second kappa shape index (κ2) is 5.20. The second-order valence-corrected chi connectivity index (χ2v) is 3.19. The van der Waals surface area contributed by atoms with Crippen molar-refractivity contribution in [1.29, 1.82) is 0 Å². The smallest absolute Gasteiger partial charge is 0.0300 e. The van der Waals surface area contributed by atoms with E-state index < -0.39 is 0 Å². The zero-order valence-electron chi connectivity index (χ0n) is 8.27. The van der Waals surface area contributed by atoms with E-state index in [1.807, 2.05) is 0 Å². The number of allylic oxidation sites excluding steroid dienone is 2. The van der Waals surface area contributed by atoms with E-state index in [9.17, 15) is 0 Å². The van der Waals surface area contributed by atoms with Crippen LogP contribution in [0, 0.1) is 0 Å². The van der Waals surface area contributed by atoms with E-state index in [4.69, 9.17) is 0 Å². The molecule has 1 aliphatic heterocycles. The average molecular weight is 168 g/mol. The van der Waals surface area contributed by atoms with Gasteiger partial charge in [0, 0.05) is 31.9 Å². The molecule has 0 radical (unpaired) electrons. The van der Waals surface area contributed by atoms with Gasteiger partial charge in [-0.05, 0) is 12.8 Å². The van der Waals surface area contributed by atoms with Gasteiger partial charge in [0.05, 0.1) is 0 Å². The normalized spacial score (nSPS) is 19.8. The average Bonchev–Trinajstić information content (AvgIpc) is 2.15. The summed E-state index contributed by atoms with van der Waals surface area (Å²) in [4.78, 5) is 2.50. The number of piperazine rings is 1. The van der Waals surface area contributed by atoms with Crippen molar-refractivity contribution in [2.75, 3.05) is 26.2 Å². The minimum absolute atomic E-state index is 1.14. The Hall–Kier alpha value is -0.500. The Bertz CT molecular complexity index is 146. The van der Waals surface area contributed by atoms with Gasteiger partial charge in [0.2, 0.25) is 0 Å². The highest BCUT2D eigenvalue weighted by molar-refractivity contribution is 5.01. The third-order valence-corrected chi connectivity index (χ3v) is 2.33. The molecule has 0 atom stereocenters. The number of hydrogen-bond donors (Lipinski definition) is 1. The largest absolute Gasteiger partial charge is 0.373 e. The van der Waals surface area contributed by atoms with Gasteiger partial charge in [-0.3, -0.25) is 0 Å². The highest BCUT2D eigenvalue weighted by Crippen LogP contribution is 2.10. The van der Waals surface area contributed by atoms with Crippen molar-refractivity contribution in [3.05, 3.63) is 11.8 Å². The van der Waals surface area contributed by atoms with Gasteiger partial charge in [0.25, 0.3) is 0 Å². The van der Waals surface area contributed by atoms with Crippen LogP contribution in [0.5, 0.6) is 0 Å². The summed E-state index contributed by atoms with van der Waals surface area (Å²) in [6, 6.07) is 0. The Morgan fingerprint density at radius 1 is 1.33 bits per heavy atom. The third-order valence-electron chi connectivity index (χ3n) is 2.33. The van der Waals surface area contributed by atoms with Gasteiger partial charge in [-0.1, -0.05) is 19.9 Å². The van der Waals surface area contributed by atoms with Crippen LogP contribution in [0.15, 0.2) is 11.8 Å². The fourth-order valence-electron chi connectivity index (χ4n) is 1.68. The van der Waals surface area contributed by atoms with Gasteiger partial charge in [-0.2, -0.15) is 0 Å². The summed E-state index contributed by atoms with van der Waals surface area (Å²) in [6.07, 6.45) is 4.69. The van der Waals surface area contributed by atoms with Crippen LogP contribution in [-0.2, 0) is 0 Å². The summed E-state index contributed by atoms with van der Waals surface area (Å²) in [7, 11) is 0. The molecule has 1 saturated heterocycles. The number of nitrogens with zero attached hydrogens (tertiary/aromatic N) is 1. The van der Waals surface area contributed by atoms with Crippen molar-refractivity contribution < 1.29 is 0 Å². The van der Waals surface area contributed by atoms with E-state index in [1.54, 1.807) is 0 Å². The minimum Gasteiger partial charge on any atom is -0.373 e. The highest BCUT2D eigenvalue weighted by atomic mass is 15.2. The first-order chi connectivity index (χ1) is 5.88. The summed E-state index contributed by atoms with van der Waals surface area (Å²) < 4.78 is 0. The fourth-order valence-corrected chi connectivity index (χ4v) is 1.68. The van der Waals surface area contributed by atoms with E-state index in [1.165, 1.54) is 25.2 Å². The molecule has 1 rings (SSSR count). The van der Waals surface area contributed by atoms with Crippen molar-refractivity contribution in [2.24, 2.45) is 0 Å². The number of hydrogen-bond acceptors (Lipinski definition) is 2. The summed E-state index contributed by atoms with van der Waals surface area (Å²) in [5.74, 6) is 0. The van der Waals surface area contributed by atoms with E-state index in [0.29, 0.717) is 0 Å². The Morgan fingerprint density at radius 2 is 2.00 bits per heavy atom. The lowest BCUT2D eigenvalue weighted by Gasteiger charge is -2.31. The van der Waals surface area contributed by atoms with Crippen molar-refractivity contribution in [3.8, 4) is 0 Å². The molecule has 0 bridgehead atoms. The van der Waals surface area contributed by atoms with Gasteiger partial charge in [0.15, 0.2) is 0 Å². The zero-order chi connectivity index (χ0) is 8.81. The van der Waals surface area contributed by atoms with Gasteiger partial charge < -0.3 is 10.2 Å². The lowest BCUT2D eigenvalue weighted by atomic mass is 10.2. The molecule has 0 aromatic rings. The molecular weight excluding hydrogens is 148 g/mol. The van der Waals surface area contributed by atoms with Crippen LogP contribution in [0.2, 0.25) is 0 Å². The van der Waals surface area contributed by atoms with E-state index in [2.05, 4.69) is 30.1 Å². The maximum absolute atomic E-state index is 3.37. The molecule has 0 spiro atoms. The Morgan fingerprint density at radius 3 is 2.50 bits per heavy atom. The van der Waals surface area contributed by atoms with Crippen LogP contribution >= 0.6 is 0 Å². The first-order valence-corrected chi connectivity index (χ1v) is 5.03. The minimum atomic E-state index is 1.14. The standard InChI is InChI=1S/C10H20N2/c1-3-5-10(4-2)12-8-6-11-7-9-12/h5,11H,3-4,6-9H2,1-2H3. The first-order valence-electron chi connectivity index (χ1n) is 5.03. The molecule has 1 N–H and O–H groups in total. The SMILES string of the molecule is CCC=C(CC)N1CCNCC1. The maximum Gasteiger partial charge on any atom is 0.0300 e. The summed E-state index contributed by atoms with van der Waals surface area (Å²) in [6.45, 7) is 9.09. The summed E-state index contributed by atoms with van der Waals surface area (Å²) in [5.41, 5.74) is 1.53. The van der Waals surface area contributed by atoms with E-state index in [-0.39, 0.29) is 0 Å². The topological polar surface area (TPSA) is 15.3 Å². The van der Waals surface area contributed by atoms with Crippen molar-refractivity contribution in [3.63, 3.8) is 0 Å². The lowest BCUT2D eigenvalue weighted by molar-refractivity contribution is 0.291. The first kappa shape index (κ1) is 9.59. The van der Waals surface area contributed by atoms with Gasteiger partial charge >= 0.3 is 0 Å². The van der Waals surface area contributed by atoms with Crippen LogP contribution in [0.3, 0.4) is 0 Å². The van der Waals surface area contributed by atoms with Crippen LogP contribution in [0.1, 0.15) is 26.7 Å². The predicted octanol–water partition coefficient (Wildman–Crippen LogP) is 1.60. The number of nitrogens with one attached hydrogen (secondary N) is 1. The molecule has 0 amide bonds. The molecule has 1 aliphatic rings. The molecule has 70 valence electrons. The van der Waals surface area contributed by atoms with Gasteiger partial charge in [-0.25, -0.2) is 0 Å². The molecule has 2 heteroatoms. The van der Waals surface area contributed by atoms with Gasteiger partial charge in [0.1, 0.15) is 0 Å². The molecule has 2 nitrogen and oxygen atoms in total. The fraction of sp³-hybridized carbons (Fsp3) is 0.800. The molecule has 0 aliphatic carbocycles. The molecule has 0 saturated carbocycles. The van der Waals surface area contributed by atoms with Gasteiger partial charge in [-0.15, -0.1) is 0 Å². The molecule has 0 aromatic carbocycles. The van der Waals surface area contributed by atoms with Crippen molar-refractivity contribution >= 4 is 0 Å². The molecule has 12 heavy (non-hydrogen) atoms. The monoisotopic (exact) mass is 168 g/mol. The molecule has 0 aromatic heterocycles. The Labute approximate surface area is 75.6 Å². The molecule has 1 heterocycles. The van der Waals surface area contributed by atoms with Crippen LogP contribution in [0.25, 0.3) is 0 Å².